The molecule has 1 heterocycles. The highest BCUT2D eigenvalue weighted by Gasteiger charge is 2.07. The second-order valence-electron chi connectivity index (χ2n) is 3.69. The van der Waals surface area contributed by atoms with E-state index in [1.165, 1.54) is 0 Å². The maximum atomic E-state index is 5.26. The summed E-state index contributed by atoms with van der Waals surface area (Å²) >= 11 is 0. The van der Waals surface area contributed by atoms with Crippen molar-refractivity contribution in [2.24, 2.45) is 0 Å². The lowest BCUT2D eigenvalue weighted by atomic mass is 10.1. The van der Waals surface area contributed by atoms with Crippen molar-refractivity contribution >= 4 is 0 Å². The van der Waals surface area contributed by atoms with E-state index in [1.807, 2.05) is 45.0 Å². The van der Waals surface area contributed by atoms with Crippen molar-refractivity contribution in [3.05, 3.63) is 36.0 Å². The topological polar surface area (TPSA) is 44.2 Å². The molecule has 0 radical (unpaired) electrons. The van der Waals surface area contributed by atoms with Crippen molar-refractivity contribution < 1.29 is 9.47 Å². The smallest absolute Gasteiger partial charge is 0.161 e. The number of aryl methyl sites for hydroxylation is 1. The minimum absolute atomic E-state index is 0.688. The van der Waals surface area contributed by atoms with E-state index in [4.69, 9.17) is 9.47 Å². The number of nitrogens with zero attached hydrogens (tertiary/aromatic N) is 2. The Labute approximate surface area is 114 Å². The van der Waals surface area contributed by atoms with Crippen LogP contribution in [0, 0.1) is 6.92 Å². The molecule has 0 saturated heterocycles. The Bertz CT molecular complexity index is 527. The monoisotopic (exact) mass is 260 g/mol. The quantitative estimate of drug-likeness (QED) is 0.847. The highest BCUT2D eigenvalue weighted by atomic mass is 16.5. The first-order valence-corrected chi connectivity index (χ1v) is 6.26. The summed E-state index contributed by atoms with van der Waals surface area (Å²) in [6, 6.07) is 7.67. The first-order chi connectivity index (χ1) is 9.24. The Morgan fingerprint density at radius 1 is 0.947 bits per heavy atom. The van der Waals surface area contributed by atoms with Gasteiger partial charge in [0.2, 0.25) is 0 Å². The van der Waals surface area contributed by atoms with E-state index in [0.29, 0.717) is 11.5 Å². The number of hydrogen-bond acceptors (Lipinski definition) is 4. The molecule has 0 amide bonds. The van der Waals surface area contributed by atoms with Crippen molar-refractivity contribution in [2.75, 3.05) is 14.2 Å². The van der Waals surface area contributed by atoms with Crippen LogP contribution in [0.5, 0.6) is 11.5 Å². The second-order valence-corrected chi connectivity index (χ2v) is 3.69. The summed E-state index contributed by atoms with van der Waals surface area (Å²) < 4.78 is 10.4. The zero-order valence-electron chi connectivity index (χ0n) is 12.1. The molecule has 4 nitrogen and oxygen atoms in total. The summed E-state index contributed by atoms with van der Waals surface area (Å²) in [5.74, 6) is 1.39. The van der Waals surface area contributed by atoms with E-state index < -0.39 is 0 Å². The second kappa shape index (κ2) is 7.36. The maximum Gasteiger partial charge on any atom is 0.161 e. The van der Waals surface area contributed by atoms with Gasteiger partial charge in [0, 0.05) is 5.56 Å². The molecule has 1 aromatic carbocycles. The van der Waals surface area contributed by atoms with Crippen LogP contribution in [0.3, 0.4) is 0 Å². The molecule has 0 unspecified atom stereocenters. The Morgan fingerprint density at radius 3 is 2.21 bits per heavy atom. The minimum Gasteiger partial charge on any atom is -0.493 e. The molecule has 0 spiro atoms. The van der Waals surface area contributed by atoms with Gasteiger partial charge in [0.1, 0.15) is 0 Å². The molecule has 0 aliphatic rings. The van der Waals surface area contributed by atoms with Gasteiger partial charge in [-0.15, -0.1) is 0 Å². The van der Waals surface area contributed by atoms with Crippen LogP contribution >= 0.6 is 0 Å². The SMILES string of the molecule is CC.COc1ccc(-c2cc(C)cnn2)cc1OC. The molecule has 2 aromatic rings. The molecule has 0 atom stereocenters. The molecule has 19 heavy (non-hydrogen) atoms. The molecule has 0 saturated carbocycles. The fraction of sp³-hybridized carbons (Fsp3) is 0.333. The highest BCUT2D eigenvalue weighted by molar-refractivity contribution is 5.63. The number of aromatic nitrogens is 2. The zero-order valence-corrected chi connectivity index (χ0v) is 12.1. The maximum absolute atomic E-state index is 5.26. The van der Waals surface area contributed by atoms with Crippen molar-refractivity contribution in [1.29, 1.82) is 0 Å². The Kier molecular flexibility index (Phi) is 5.79. The summed E-state index contributed by atoms with van der Waals surface area (Å²) in [4.78, 5) is 0. The van der Waals surface area contributed by atoms with Gasteiger partial charge in [-0.1, -0.05) is 13.8 Å². The highest BCUT2D eigenvalue weighted by Crippen LogP contribution is 2.31. The third-order valence-corrected chi connectivity index (χ3v) is 2.47. The zero-order chi connectivity index (χ0) is 14.3. The van der Waals surface area contributed by atoms with Crippen LogP contribution in [-0.4, -0.2) is 24.4 Å². The molecule has 0 bridgehead atoms. The number of methoxy groups -OCH3 is 2. The van der Waals surface area contributed by atoms with Crippen molar-refractivity contribution in [3.8, 4) is 22.8 Å². The standard InChI is InChI=1S/C13H14N2O2.C2H6/c1-9-6-11(15-14-8-9)10-4-5-12(16-2)13(7-10)17-3;1-2/h4-8H,1-3H3;1-2H3. The predicted molar refractivity (Wildman–Crippen MR) is 76.7 cm³/mol. The van der Waals surface area contributed by atoms with Crippen LogP contribution in [0.1, 0.15) is 19.4 Å². The summed E-state index contributed by atoms with van der Waals surface area (Å²) in [5.41, 5.74) is 2.86. The van der Waals surface area contributed by atoms with Gasteiger partial charge in [0.05, 0.1) is 26.1 Å². The number of ether oxygens (including phenoxy) is 2. The van der Waals surface area contributed by atoms with E-state index in [-0.39, 0.29) is 0 Å². The van der Waals surface area contributed by atoms with Crippen LogP contribution in [0.25, 0.3) is 11.3 Å². The normalized spacial score (nSPS) is 9.32. The lowest BCUT2D eigenvalue weighted by Gasteiger charge is -2.09. The van der Waals surface area contributed by atoms with Gasteiger partial charge in [-0.05, 0) is 36.8 Å². The lowest BCUT2D eigenvalue weighted by Crippen LogP contribution is -1.93. The third-order valence-electron chi connectivity index (χ3n) is 2.47. The molecule has 1 aromatic heterocycles. The predicted octanol–water partition coefficient (Wildman–Crippen LogP) is 3.50. The lowest BCUT2D eigenvalue weighted by molar-refractivity contribution is 0.355. The van der Waals surface area contributed by atoms with Gasteiger partial charge in [0.25, 0.3) is 0 Å². The van der Waals surface area contributed by atoms with Gasteiger partial charge in [0.15, 0.2) is 11.5 Å². The average Bonchev–Trinajstić information content (AvgIpc) is 2.48. The average molecular weight is 260 g/mol. The van der Waals surface area contributed by atoms with E-state index in [1.54, 1.807) is 20.4 Å². The fourth-order valence-electron chi connectivity index (χ4n) is 1.60. The molecule has 4 heteroatoms. The summed E-state index contributed by atoms with van der Waals surface area (Å²) in [6.07, 6.45) is 1.73. The van der Waals surface area contributed by atoms with Crippen LogP contribution in [0.15, 0.2) is 30.5 Å². The largest absolute Gasteiger partial charge is 0.493 e. The third kappa shape index (κ3) is 3.68. The van der Waals surface area contributed by atoms with Crippen molar-refractivity contribution in [3.63, 3.8) is 0 Å². The minimum atomic E-state index is 0.688. The molecule has 102 valence electrons. The molecule has 0 fully saturated rings. The van der Waals surface area contributed by atoms with Gasteiger partial charge in [-0.3, -0.25) is 0 Å². The Morgan fingerprint density at radius 2 is 1.63 bits per heavy atom. The first kappa shape index (κ1) is 15.0. The summed E-state index contributed by atoms with van der Waals surface area (Å²) in [5, 5.41) is 8.03. The van der Waals surface area contributed by atoms with Crippen molar-refractivity contribution in [2.45, 2.75) is 20.8 Å². The molecular formula is C15H20N2O2. The van der Waals surface area contributed by atoms with Crippen molar-refractivity contribution in [1.82, 2.24) is 10.2 Å². The van der Waals surface area contributed by atoms with Gasteiger partial charge in [-0.25, -0.2) is 0 Å². The first-order valence-electron chi connectivity index (χ1n) is 6.26. The molecule has 0 aliphatic heterocycles. The molecule has 2 rings (SSSR count). The van der Waals surface area contributed by atoms with Gasteiger partial charge < -0.3 is 9.47 Å². The van der Waals surface area contributed by atoms with Gasteiger partial charge in [-0.2, -0.15) is 10.2 Å². The molecule has 0 aliphatic carbocycles. The van der Waals surface area contributed by atoms with Crippen LogP contribution in [0.2, 0.25) is 0 Å². The van der Waals surface area contributed by atoms with E-state index in [2.05, 4.69) is 10.2 Å². The van der Waals surface area contributed by atoms with Gasteiger partial charge >= 0.3 is 0 Å². The summed E-state index contributed by atoms with van der Waals surface area (Å²) in [6.45, 7) is 5.99. The van der Waals surface area contributed by atoms with Crippen LogP contribution in [-0.2, 0) is 0 Å². The number of benzene rings is 1. The molecule has 0 N–H and O–H groups in total. The Balaban J connectivity index is 0.000000861. The van der Waals surface area contributed by atoms with E-state index >= 15 is 0 Å². The van der Waals surface area contributed by atoms with E-state index in [9.17, 15) is 0 Å². The Hall–Kier alpha value is -2.10. The van der Waals surface area contributed by atoms with Crippen LogP contribution < -0.4 is 9.47 Å². The molecular weight excluding hydrogens is 240 g/mol. The fourth-order valence-corrected chi connectivity index (χ4v) is 1.60. The van der Waals surface area contributed by atoms with E-state index in [0.717, 1.165) is 16.8 Å². The van der Waals surface area contributed by atoms with Crippen LogP contribution in [0.4, 0.5) is 0 Å². The number of hydrogen-bond donors (Lipinski definition) is 0. The summed E-state index contributed by atoms with van der Waals surface area (Å²) in [7, 11) is 3.23. The number of rotatable bonds is 3.